The number of aromatic amines is 1. The smallest absolute Gasteiger partial charge is 0.307 e. The van der Waals surface area contributed by atoms with Crippen molar-refractivity contribution in [3.8, 4) is 0 Å². The molecule has 0 aliphatic rings. The van der Waals surface area contributed by atoms with Gasteiger partial charge in [0.2, 0.25) is 0 Å². The summed E-state index contributed by atoms with van der Waals surface area (Å²) in [6.07, 6.45) is 3.66. The van der Waals surface area contributed by atoms with Crippen LogP contribution in [0, 0.1) is 5.92 Å². The van der Waals surface area contributed by atoms with Crippen LogP contribution in [-0.4, -0.2) is 16.1 Å². The van der Waals surface area contributed by atoms with Crippen molar-refractivity contribution in [2.45, 2.75) is 26.2 Å². The summed E-state index contributed by atoms with van der Waals surface area (Å²) in [5.41, 5.74) is 0.702. The van der Waals surface area contributed by atoms with Crippen molar-refractivity contribution < 1.29 is 9.90 Å². The van der Waals surface area contributed by atoms with E-state index in [4.69, 9.17) is 5.11 Å². The average Bonchev–Trinajstić information content (AvgIpc) is 2.54. The van der Waals surface area contributed by atoms with Gasteiger partial charge in [-0.25, -0.2) is 0 Å². The predicted molar refractivity (Wildman–Crippen MR) is 50.6 cm³/mol. The first-order valence-corrected chi connectivity index (χ1v) is 4.32. The Bertz CT molecular complexity index is 288. The van der Waals surface area contributed by atoms with Gasteiger partial charge in [-0.1, -0.05) is 20.8 Å². The molecule has 13 heavy (non-hydrogen) atoms. The molecule has 0 bridgehead atoms. The van der Waals surface area contributed by atoms with Crippen LogP contribution in [0.1, 0.15) is 26.3 Å². The molecule has 0 amide bonds. The number of carboxylic acids is 1. The van der Waals surface area contributed by atoms with Crippen molar-refractivity contribution in [1.29, 1.82) is 0 Å². The molecule has 72 valence electrons. The Labute approximate surface area is 77.8 Å². The molecule has 3 heteroatoms. The van der Waals surface area contributed by atoms with E-state index in [1.54, 1.807) is 6.92 Å². The summed E-state index contributed by atoms with van der Waals surface area (Å²) in [7, 11) is 0. The van der Waals surface area contributed by atoms with Gasteiger partial charge in [0.15, 0.2) is 0 Å². The van der Waals surface area contributed by atoms with E-state index in [0.717, 1.165) is 5.56 Å². The first-order chi connectivity index (χ1) is 5.96. The van der Waals surface area contributed by atoms with Gasteiger partial charge in [-0.3, -0.25) is 4.79 Å². The monoisotopic (exact) mass is 181 g/mol. The molecule has 1 atom stereocenters. The molecule has 1 aromatic rings. The summed E-state index contributed by atoms with van der Waals surface area (Å²) in [5, 5.41) is 8.91. The molecule has 1 unspecified atom stereocenters. The van der Waals surface area contributed by atoms with Crippen LogP contribution in [0.2, 0.25) is 0 Å². The number of rotatable bonds is 3. The van der Waals surface area contributed by atoms with E-state index in [2.05, 4.69) is 4.98 Å². The molecule has 1 rings (SSSR count). The number of aromatic nitrogens is 1. The normalized spacial score (nSPS) is 14.1. The number of carbonyl (C=O) groups is 1. The summed E-state index contributed by atoms with van der Waals surface area (Å²) in [6.45, 7) is 5.61. The highest BCUT2D eigenvalue weighted by Crippen LogP contribution is 2.31. The average molecular weight is 181 g/mol. The van der Waals surface area contributed by atoms with Crippen molar-refractivity contribution >= 4 is 5.97 Å². The fraction of sp³-hybridized carbons (Fsp3) is 0.500. The lowest BCUT2D eigenvalue weighted by molar-refractivity contribution is -0.143. The lowest BCUT2D eigenvalue weighted by atomic mass is 9.75. The SMILES string of the molecule is CC(C(=O)O)C(C)(C)c1cc[nH]c1. The highest BCUT2D eigenvalue weighted by molar-refractivity contribution is 5.71. The zero-order valence-electron chi connectivity index (χ0n) is 8.16. The Morgan fingerprint density at radius 2 is 2.23 bits per heavy atom. The third-order valence-corrected chi connectivity index (χ3v) is 2.79. The van der Waals surface area contributed by atoms with Crippen LogP contribution in [0.15, 0.2) is 18.5 Å². The van der Waals surface area contributed by atoms with Crippen LogP contribution >= 0.6 is 0 Å². The number of carboxylic acid groups (broad SMARTS) is 1. The molecule has 1 heterocycles. The van der Waals surface area contributed by atoms with Crippen LogP contribution < -0.4 is 0 Å². The minimum absolute atomic E-state index is 0.328. The van der Waals surface area contributed by atoms with Gasteiger partial charge in [0.25, 0.3) is 0 Å². The fourth-order valence-corrected chi connectivity index (χ4v) is 1.28. The molecule has 0 saturated heterocycles. The number of hydrogen-bond acceptors (Lipinski definition) is 1. The molecule has 0 aromatic carbocycles. The van der Waals surface area contributed by atoms with Crippen LogP contribution in [0.4, 0.5) is 0 Å². The zero-order valence-corrected chi connectivity index (χ0v) is 8.16. The lowest BCUT2D eigenvalue weighted by Crippen LogP contribution is -2.32. The third kappa shape index (κ3) is 1.74. The van der Waals surface area contributed by atoms with Crippen LogP contribution in [0.3, 0.4) is 0 Å². The van der Waals surface area contributed by atoms with Crippen LogP contribution in [0.25, 0.3) is 0 Å². The van der Waals surface area contributed by atoms with Crippen LogP contribution in [0.5, 0.6) is 0 Å². The molecule has 1 aromatic heterocycles. The minimum Gasteiger partial charge on any atom is -0.481 e. The maximum absolute atomic E-state index is 10.8. The van der Waals surface area contributed by atoms with E-state index in [0.29, 0.717) is 0 Å². The Kier molecular flexibility index (Phi) is 2.45. The van der Waals surface area contributed by atoms with E-state index in [1.165, 1.54) is 0 Å². The van der Waals surface area contributed by atoms with Gasteiger partial charge in [0, 0.05) is 17.8 Å². The van der Waals surface area contributed by atoms with Crippen molar-refractivity contribution in [3.05, 3.63) is 24.0 Å². The third-order valence-electron chi connectivity index (χ3n) is 2.79. The first kappa shape index (κ1) is 9.84. The van der Waals surface area contributed by atoms with Gasteiger partial charge >= 0.3 is 5.97 Å². The van der Waals surface area contributed by atoms with E-state index in [1.807, 2.05) is 32.3 Å². The molecule has 0 spiro atoms. The molecule has 3 nitrogen and oxygen atoms in total. The van der Waals surface area contributed by atoms with Crippen LogP contribution in [-0.2, 0) is 10.2 Å². The van der Waals surface area contributed by atoms with Crippen molar-refractivity contribution in [2.75, 3.05) is 0 Å². The highest BCUT2D eigenvalue weighted by Gasteiger charge is 2.33. The zero-order chi connectivity index (χ0) is 10.1. The Morgan fingerprint density at radius 1 is 1.62 bits per heavy atom. The number of hydrogen-bond donors (Lipinski definition) is 2. The fourth-order valence-electron chi connectivity index (χ4n) is 1.28. The molecular weight excluding hydrogens is 166 g/mol. The van der Waals surface area contributed by atoms with E-state index in [9.17, 15) is 4.79 Å². The molecule has 0 radical (unpaired) electrons. The Hall–Kier alpha value is -1.25. The van der Waals surface area contributed by atoms with E-state index in [-0.39, 0.29) is 11.3 Å². The second-order valence-corrected chi connectivity index (χ2v) is 3.88. The summed E-state index contributed by atoms with van der Waals surface area (Å²) in [5.74, 6) is -1.14. The van der Waals surface area contributed by atoms with E-state index < -0.39 is 5.97 Å². The second-order valence-electron chi connectivity index (χ2n) is 3.88. The highest BCUT2D eigenvalue weighted by atomic mass is 16.4. The largest absolute Gasteiger partial charge is 0.481 e. The van der Waals surface area contributed by atoms with Gasteiger partial charge < -0.3 is 10.1 Å². The van der Waals surface area contributed by atoms with E-state index >= 15 is 0 Å². The molecule has 0 saturated carbocycles. The molecule has 0 fully saturated rings. The van der Waals surface area contributed by atoms with Gasteiger partial charge in [-0.2, -0.15) is 0 Å². The number of nitrogens with one attached hydrogen (secondary N) is 1. The van der Waals surface area contributed by atoms with Gasteiger partial charge in [0.1, 0.15) is 0 Å². The standard InChI is InChI=1S/C10H15NO2/c1-7(9(12)13)10(2,3)8-4-5-11-6-8/h4-7,11H,1-3H3,(H,12,13). The molecule has 2 N–H and O–H groups in total. The summed E-state index contributed by atoms with van der Waals surface area (Å²) in [6, 6.07) is 1.92. The van der Waals surface area contributed by atoms with Gasteiger partial charge in [0.05, 0.1) is 5.92 Å². The van der Waals surface area contributed by atoms with Crippen molar-refractivity contribution in [2.24, 2.45) is 5.92 Å². The summed E-state index contributed by atoms with van der Waals surface area (Å²) in [4.78, 5) is 13.8. The van der Waals surface area contributed by atoms with Crippen molar-refractivity contribution in [3.63, 3.8) is 0 Å². The maximum Gasteiger partial charge on any atom is 0.307 e. The Balaban J connectivity index is 2.95. The summed E-state index contributed by atoms with van der Waals surface area (Å²) >= 11 is 0. The molecule has 0 aliphatic heterocycles. The van der Waals surface area contributed by atoms with Crippen molar-refractivity contribution in [1.82, 2.24) is 4.98 Å². The maximum atomic E-state index is 10.8. The molecule has 0 aliphatic carbocycles. The van der Waals surface area contributed by atoms with Gasteiger partial charge in [-0.15, -0.1) is 0 Å². The number of aliphatic carboxylic acids is 1. The lowest BCUT2D eigenvalue weighted by Gasteiger charge is -2.27. The first-order valence-electron chi connectivity index (χ1n) is 4.32. The predicted octanol–water partition coefficient (Wildman–Crippen LogP) is 2.01. The second kappa shape index (κ2) is 3.24. The Morgan fingerprint density at radius 3 is 2.62 bits per heavy atom. The quantitative estimate of drug-likeness (QED) is 0.749. The number of H-pyrrole nitrogens is 1. The topological polar surface area (TPSA) is 53.1 Å². The van der Waals surface area contributed by atoms with Gasteiger partial charge in [-0.05, 0) is 11.6 Å². The minimum atomic E-state index is -0.758. The molecular formula is C10H15NO2. The summed E-state index contributed by atoms with van der Waals surface area (Å²) < 4.78 is 0.